The zero-order valence-corrected chi connectivity index (χ0v) is 10.1. The van der Waals surface area contributed by atoms with Crippen LogP contribution in [0.3, 0.4) is 0 Å². The van der Waals surface area contributed by atoms with Crippen LogP contribution in [-0.4, -0.2) is 11.3 Å². The number of aromatic nitrogens is 1. The Morgan fingerprint density at radius 1 is 1.33 bits per heavy atom. The van der Waals surface area contributed by atoms with Gasteiger partial charge in [-0.1, -0.05) is 12.1 Å². The molecule has 1 heterocycles. The maximum atomic E-state index is 12.4. The molecule has 0 aliphatic rings. The van der Waals surface area contributed by atoms with Crippen molar-refractivity contribution >= 4 is 17.6 Å². The van der Waals surface area contributed by atoms with Gasteiger partial charge >= 0.3 is 6.18 Å². The summed E-state index contributed by atoms with van der Waals surface area (Å²) in [4.78, 5) is 14.4. The minimum absolute atomic E-state index is 0.442. The van der Waals surface area contributed by atoms with Crippen molar-refractivity contribution in [3.8, 4) is 10.4 Å². The molecule has 0 saturated heterocycles. The summed E-state index contributed by atoms with van der Waals surface area (Å²) in [6.07, 6.45) is -2.51. The highest BCUT2D eigenvalue weighted by Crippen LogP contribution is 2.37. The third-order valence-corrected chi connectivity index (χ3v) is 3.48. The molecule has 0 atom stereocenters. The molecule has 0 unspecified atom stereocenters. The van der Waals surface area contributed by atoms with Crippen LogP contribution >= 0.6 is 11.3 Å². The topological polar surface area (TPSA) is 30.0 Å². The van der Waals surface area contributed by atoms with E-state index in [0.717, 1.165) is 5.56 Å². The van der Waals surface area contributed by atoms with Gasteiger partial charge < -0.3 is 0 Å². The molecule has 0 N–H and O–H groups in total. The molecule has 0 aliphatic carbocycles. The SMILES string of the molecule is Cc1cc(C=O)ccc1-c1cnc(C(F)(F)F)s1. The summed E-state index contributed by atoms with van der Waals surface area (Å²) in [5.74, 6) is 0. The van der Waals surface area contributed by atoms with Crippen LogP contribution in [0.5, 0.6) is 0 Å². The summed E-state index contributed by atoms with van der Waals surface area (Å²) in [7, 11) is 0. The van der Waals surface area contributed by atoms with E-state index >= 15 is 0 Å². The zero-order valence-electron chi connectivity index (χ0n) is 9.28. The average molecular weight is 271 g/mol. The molecule has 94 valence electrons. The third-order valence-electron chi connectivity index (χ3n) is 2.40. The number of rotatable bonds is 2. The van der Waals surface area contributed by atoms with Crippen molar-refractivity contribution in [1.82, 2.24) is 4.98 Å². The van der Waals surface area contributed by atoms with Gasteiger partial charge in [-0.05, 0) is 24.1 Å². The van der Waals surface area contributed by atoms with E-state index in [9.17, 15) is 18.0 Å². The molecular formula is C12H8F3NOS. The fourth-order valence-corrected chi connectivity index (χ4v) is 2.44. The summed E-state index contributed by atoms with van der Waals surface area (Å²) in [5, 5.41) is -0.864. The Morgan fingerprint density at radius 2 is 2.06 bits per heavy atom. The largest absolute Gasteiger partial charge is 0.443 e. The predicted molar refractivity (Wildman–Crippen MR) is 62.7 cm³/mol. The van der Waals surface area contributed by atoms with E-state index in [1.54, 1.807) is 25.1 Å². The monoisotopic (exact) mass is 271 g/mol. The van der Waals surface area contributed by atoms with Crippen LogP contribution in [0.1, 0.15) is 20.9 Å². The molecule has 0 saturated carbocycles. The van der Waals surface area contributed by atoms with Crippen molar-refractivity contribution in [1.29, 1.82) is 0 Å². The first-order chi connectivity index (χ1) is 8.41. The van der Waals surface area contributed by atoms with E-state index in [-0.39, 0.29) is 0 Å². The van der Waals surface area contributed by atoms with E-state index in [1.165, 1.54) is 6.20 Å². The second kappa shape index (κ2) is 4.53. The Morgan fingerprint density at radius 3 is 2.56 bits per heavy atom. The molecule has 1 aromatic heterocycles. The van der Waals surface area contributed by atoms with Gasteiger partial charge in [-0.25, -0.2) is 4.98 Å². The number of thiazole rings is 1. The number of halogens is 3. The Bertz CT molecular complexity index is 589. The highest BCUT2D eigenvalue weighted by atomic mass is 32.1. The van der Waals surface area contributed by atoms with E-state index in [2.05, 4.69) is 4.98 Å². The Hall–Kier alpha value is -1.69. The molecule has 0 fully saturated rings. The summed E-state index contributed by atoms with van der Waals surface area (Å²) < 4.78 is 37.3. The number of carbonyl (C=O) groups excluding carboxylic acids is 1. The number of hydrogen-bond donors (Lipinski definition) is 0. The average Bonchev–Trinajstić information content (AvgIpc) is 2.77. The number of alkyl halides is 3. The number of aryl methyl sites for hydroxylation is 1. The van der Waals surface area contributed by atoms with Crippen LogP contribution in [0.4, 0.5) is 13.2 Å². The lowest BCUT2D eigenvalue weighted by Crippen LogP contribution is -2.02. The van der Waals surface area contributed by atoms with Crippen molar-refractivity contribution in [2.24, 2.45) is 0 Å². The summed E-state index contributed by atoms with van der Waals surface area (Å²) >= 11 is 0.596. The molecule has 0 spiro atoms. The molecule has 0 radical (unpaired) electrons. The Balaban J connectivity index is 2.43. The molecule has 2 rings (SSSR count). The van der Waals surface area contributed by atoms with Crippen LogP contribution in [0.15, 0.2) is 24.4 Å². The summed E-state index contributed by atoms with van der Waals surface area (Å²) in [6.45, 7) is 1.75. The molecule has 0 aliphatic heterocycles. The van der Waals surface area contributed by atoms with E-state index in [4.69, 9.17) is 0 Å². The quantitative estimate of drug-likeness (QED) is 0.774. The minimum Gasteiger partial charge on any atom is -0.298 e. The van der Waals surface area contributed by atoms with Gasteiger partial charge in [-0.2, -0.15) is 13.2 Å². The predicted octanol–water partition coefficient (Wildman–Crippen LogP) is 3.95. The first-order valence-corrected chi connectivity index (χ1v) is 5.82. The van der Waals surface area contributed by atoms with Gasteiger partial charge in [0.1, 0.15) is 6.29 Å². The standard InChI is InChI=1S/C12H8F3NOS/c1-7-4-8(6-17)2-3-9(7)10-5-16-11(18-10)12(13,14)15/h2-6H,1H3. The molecule has 2 nitrogen and oxygen atoms in total. The molecule has 2 aromatic rings. The van der Waals surface area contributed by atoms with Crippen molar-refractivity contribution in [2.45, 2.75) is 13.1 Å². The maximum Gasteiger partial charge on any atom is 0.443 e. The lowest BCUT2D eigenvalue weighted by atomic mass is 10.1. The molecule has 18 heavy (non-hydrogen) atoms. The van der Waals surface area contributed by atoms with E-state index < -0.39 is 11.2 Å². The van der Waals surface area contributed by atoms with Gasteiger partial charge in [0.2, 0.25) is 0 Å². The zero-order chi connectivity index (χ0) is 13.3. The number of benzene rings is 1. The summed E-state index contributed by atoms with van der Waals surface area (Å²) in [6, 6.07) is 4.84. The van der Waals surface area contributed by atoms with Crippen LogP contribution < -0.4 is 0 Å². The van der Waals surface area contributed by atoms with Crippen LogP contribution in [0.25, 0.3) is 10.4 Å². The van der Waals surface area contributed by atoms with Gasteiger partial charge in [-0.15, -0.1) is 11.3 Å². The van der Waals surface area contributed by atoms with Gasteiger partial charge in [0, 0.05) is 11.8 Å². The lowest BCUT2D eigenvalue weighted by molar-refractivity contribution is -0.137. The fourth-order valence-electron chi connectivity index (χ4n) is 1.57. The first-order valence-electron chi connectivity index (χ1n) is 5.01. The van der Waals surface area contributed by atoms with E-state index in [1.807, 2.05) is 0 Å². The second-order valence-corrected chi connectivity index (χ2v) is 4.75. The van der Waals surface area contributed by atoms with Gasteiger partial charge in [-0.3, -0.25) is 4.79 Å². The smallest absolute Gasteiger partial charge is 0.298 e. The molecular weight excluding hydrogens is 263 g/mol. The highest BCUT2D eigenvalue weighted by Gasteiger charge is 2.34. The molecule has 0 amide bonds. The second-order valence-electron chi connectivity index (χ2n) is 3.72. The molecule has 1 aromatic carbocycles. The number of carbonyl (C=O) groups is 1. The van der Waals surface area contributed by atoms with Crippen molar-refractivity contribution in [3.05, 3.63) is 40.5 Å². The Labute approximate surface area is 105 Å². The molecule has 0 bridgehead atoms. The summed E-state index contributed by atoms with van der Waals surface area (Å²) in [5.41, 5.74) is 1.90. The first kappa shape index (κ1) is 12.8. The van der Waals surface area contributed by atoms with Crippen LogP contribution in [-0.2, 0) is 6.18 Å². The van der Waals surface area contributed by atoms with Crippen LogP contribution in [0.2, 0.25) is 0 Å². The normalized spacial score (nSPS) is 11.6. The highest BCUT2D eigenvalue weighted by molar-refractivity contribution is 7.15. The minimum atomic E-state index is -4.42. The fraction of sp³-hybridized carbons (Fsp3) is 0.167. The third kappa shape index (κ3) is 2.43. The van der Waals surface area contributed by atoms with E-state index in [0.29, 0.717) is 33.6 Å². The van der Waals surface area contributed by atoms with Crippen molar-refractivity contribution in [3.63, 3.8) is 0 Å². The van der Waals surface area contributed by atoms with Crippen molar-refractivity contribution < 1.29 is 18.0 Å². The lowest BCUT2D eigenvalue weighted by Gasteiger charge is -2.03. The van der Waals surface area contributed by atoms with Crippen molar-refractivity contribution in [2.75, 3.05) is 0 Å². The molecule has 6 heteroatoms. The van der Waals surface area contributed by atoms with Gasteiger partial charge in [0.25, 0.3) is 0 Å². The van der Waals surface area contributed by atoms with Crippen LogP contribution in [0, 0.1) is 6.92 Å². The number of hydrogen-bond acceptors (Lipinski definition) is 3. The maximum absolute atomic E-state index is 12.4. The Kier molecular flexibility index (Phi) is 3.21. The number of aldehydes is 1. The number of nitrogens with zero attached hydrogens (tertiary/aromatic N) is 1. The van der Waals surface area contributed by atoms with Gasteiger partial charge in [0.15, 0.2) is 5.01 Å². The van der Waals surface area contributed by atoms with Gasteiger partial charge in [0.05, 0.1) is 4.88 Å².